The second-order valence-electron chi connectivity index (χ2n) is 5.55. The largest absolute Gasteiger partial charge is 0.508 e. The molecule has 1 aromatic carbocycles. The van der Waals surface area contributed by atoms with Gasteiger partial charge in [-0.2, -0.15) is 0 Å². The topological polar surface area (TPSA) is 87.1 Å². The maximum absolute atomic E-state index is 12.9. The van der Waals surface area contributed by atoms with Crippen LogP contribution >= 0.6 is 11.3 Å². The van der Waals surface area contributed by atoms with Gasteiger partial charge >= 0.3 is 0 Å². The van der Waals surface area contributed by atoms with Crippen molar-refractivity contribution in [2.24, 2.45) is 0 Å². The maximum atomic E-state index is 12.9. The number of rotatable bonds is 6. The minimum Gasteiger partial charge on any atom is -0.508 e. The number of hydrogen-bond acceptors (Lipinski definition) is 6. The van der Waals surface area contributed by atoms with E-state index >= 15 is 0 Å². The van der Waals surface area contributed by atoms with E-state index in [1.54, 1.807) is 29.6 Å². The Hall–Kier alpha value is -2.64. The van der Waals surface area contributed by atoms with Crippen LogP contribution in [0, 0.1) is 0 Å². The number of amides is 1. The molecule has 1 atom stereocenters. The molecule has 1 aliphatic rings. The molecule has 1 amide bonds. The number of Topliss-reactive ketones (excluding diaryl/α,β-unsaturated/α-hetero) is 1. The summed E-state index contributed by atoms with van der Waals surface area (Å²) in [5.74, 6) is -1.43. The molecule has 0 aliphatic carbocycles. The molecule has 0 radical (unpaired) electrons. The van der Waals surface area contributed by atoms with Gasteiger partial charge < -0.3 is 19.8 Å². The minimum atomic E-state index is -0.724. The predicted molar refractivity (Wildman–Crippen MR) is 92.7 cm³/mol. The fourth-order valence-corrected chi connectivity index (χ4v) is 3.53. The molecule has 2 N–H and O–H groups in total. The molecule has 130 valence electrons. The highest BCUT2D eigenvalue weighted by Gasteiger charge is 2.43. The predicted octanol–water partition coefficient (Wildman–Crippen LogP) is 2.68. The average molecular weight is 359 g/mol. The van der Waals surface area contributed by atoms with E-state index in [0.29, 0.717) is 10.4 Å². The molecule has 0 unspecified atom stereocenters. The van der Waals surface area contributed by atoms with Crippen molar-refractivity contribution >= 4 is 23.0 Å². The smallest absolute Gasteiger partial charge is 0.290 e. The fourth-order valence-electron chi connectivity index (χ4n) is 2.85. The molecule has 0 bridgehead atoms. The molecule has 2 aromatic rings. The molecule has 0 spiro atoms. The van der Waals surface area contributed by atoms with Crippen LogP contribution in [-0.4, -0.2) is 47.1 Å². The van der Waals surface area contributed by atoms with Crippen LogP contribution in [0.1, 0.15) is 21.3 Å². The van der Waals surface area contributed by atoms with E-state index in [9.17, 15) is 19.8 Å². The average Bonchev–Trinajstić information content (AvgIpc) is 3.22. The van der Waals surface area contributed by atoms with Crippen molar-refractivity contribution in [2.45, 2.75) is 6.04 Å². The van der Waals surface area contributed by atoms with Crippen molar-refractivity contribution in [1.82, 2.24) is 4.90 Å². The third-order valence-corrected chi connectivity index (χ3v) is 4.91. The summed E-state index contributed by atoms with van der Waals surface area (Å²) in [7, 11) is 1.51. The number of carbonyl (C=O) groups excluding carboxylic acids is 2. The van der Waals surface area contributed by atoms with Crippen LogP contribution in [0.5, 0.6) is 5.75 Å². The summed E-state index contributed by atoms with van der Waals surface area (Å²) in [5.41, 5.74) is 0.681. The summed E-state index contributed by atoms with van der Waals surface area (Å²) >= 11 is 1.25. The van der Waals surface area contributed by atoms with E-state index in [2.05, 4.69) is 0 Å². The fraction of sp³-hybridized carbons (Fsp3) is 0.222. The summed E-state index contributed by atoms with van der Waals surface area (Å²) in [6, 6.07) is 8.90. The molecule has 6 nitrogen and oxygen atoms in total. The maximum Gasteiger partial charge on any atom is 0.290 e. The first-order valence-corrected chi connectivity index (χ1v) is 8.52. The number of ketones is 1. The standard InChI is InChI=1S/C18H17NO5S/c1-24-9-8-19-15(11-4-6-12(20)7-5-11)14(17(22)18(19)23)16(21)13-3-2-10-25-13/h2-7,10,15,20,22H,8-9H2,1H3/t15-/m1/s1. The number of benzene rings is 1. The highest BCUT2D eigenvalue weighted by Crippen LogP contribution is 2.39. The van der Waals surface area contributed by atoms with Crippen molar-refractivity contribution in [3.8, 4) is 5.75 Å². The second kappa shape index (κ2) is 7.08. The number of aliphatic hydroxyl groups is 1. The number of aliphatic hydroxyl groups excluding tert-OH is 1. The minimum absolute atomic E-state index is 0.0502. The lowest BCUT2D eigenvalue weighted by molar-refractivity contribution is -0.130. The zero-order valence-corrected chi connectivity index (χ0v) is 14.3. The summed E-state index contributed by atoms with van der Waals surface area (Å²) < 4.78 is 5.04. The molecular formula is C18H17NO5S. The molecular weight excluding hydrogens is 342 g/mol. The van der Waals surface area contributed by atoms with E-state index < -0.39 is 17.7 Å². The Kier molecular flexibility index (Phi) is 4.87. The van der Waals surface area contributed by atoms with E-state index in [1.807, 2.05) is 0 Å². The number of thiophene rings is 1. The van der Waals surface area contributed by atoms with Crippen LogP contribution in [0.3, 0.4) is 0 Å². The monoisotopic (exact) mass is 359 g/mol. The normalized spacial score (nSPS) is 17.4. The van der Waals surface area contributed by atoms with Crippen molar-refractivity contribution in [3.63, 3.8) is 0 Å². The van der Waals surface area contributed by atoms with Gasteiger partial charge in [-0.3, -0.25) is 9.59 Å². The summed E-state index contributed by atoms with van der Waals surface area (Å²) in [6.45, 7) is 0.500. The van der Waals surface area contributed by atoms with Gasteiger partial charge in [-0.25, -0.2) is 0 Å². The van der Waals surface area contributed by atoms with Gasteiger partial charge in [0.25, 0.3) is 5.91 Å². The van der Waals surface area contributed by atoms with Crippen LogP contribution in [0.25, 0.3) is 0 Å². The van der Waals surface area contributed by atoms with Gasteiger partial charge in [0, 0.05) is 13.7 Å². The first-order chi connectivity index (χ1) is 12.0. The Balaban J connectivity index is 2.06. The lowest BCUT2D eigenvalue weighted by Gasteiger charge is -2.26. The lowest BCUT2D eigenvalue weighted by Crippen LogP contribution is -2.33. The van der Waals surface area contributed by atoms with Gasteiger partial charge in [0.1, 0.15) is 5.75 Å². The molecule has 3 rings (SSSR count). The second-order valence-corrected chi connectivity index (χ2v) is 6.50. The molecule has 0 saturated carbocycles. The van der Waals surface area contributed by atoms with Crippen LogP contribution < -0.4 is 0 Å². The van der Waals surface area contributed by atoms with E-state index in [-0.39, 0.29) is 30.3 Å². The number of ether oxygens (including phenoxy) is 1. The van der Waals surface area contributed by atoms with Crippen LogP contribution in [0.4, 0.5) is 0 Å². The first-order valence-electron chi connectivity index (χ1n) is 7.64. The summed E-state index contributed by atoms with van der Waals surface area (Å²) in [4.78, 5) is 27.2. The van der Waals surface area contributed by atoms with E-state index in [4.69, 9.17) is 4.74 Å². The number of aromatic hydroxyl groups is 1. The van der Waals surface area contributed by atoms with Crippen molar-refractivity contribution in [2.75, 3.05) is 20.3 Å². The Morgan fingerprint density at radius 2 is 1.96 bits per heavy atom. The molecule has 0 saturated heterocycles. The van der Waals surface area contributed by atoms with Crippen molar-refractivity contribution < 1.29 is 24.5 Å². The van der Waals surface area contributed by atoms with Crippen LogP contribution in [0.2, 0.25) is 0 Å². The number of nitrogens with zero attached hydrogens (tertiary/aromatic N) is 1. The number of hydrogen-bond donors (Lipinski definition) is 2. The van der Waals surface area contributed by atoms with Gasteiger partial charge in [0.2, 0.25) is 5.78 Å². The first kappa shape index (κ1) is 17.2. The molecule has 2 heterocycles. The Morgan fingerprint density at radius 1 is 1.24 bits per heavy atom. The summed E-state index contributed by atoms with van der Waals surface area (Å²) in [6.07, 6.45) is 0. The van der Waals surface area contributed by atoms with Gasteiger partial charge in [0.15, 0.2) is 5.76 Å². The van der Waals surface area contributed by atoms with Crippen molar-refractivity contribution in [1.29, 1.82) is 0 Å². The SMILES string of the molecule is COCCN1C(=O)C(O)=C(C(=O)c2cccs2)[C@H]1c1ccc(O)cc1. The van der Waals surface area contributed by atoms with E-state index in [1.165, 1.54) is 35.5 Å². The lowest BCUT2D eigenvalue weighted by atomic mass is 9.95. The van der Waals surface area contributed by atoms with Gasteiger partial charge in [0.05, 0.1) is 23.1 Å². The third kappa shape index (κ3) is 3.16. The molecule has 1 aromatic heterocycles. The zero-order valence-electron chi connectivity index (χ0n) is 13.5. The third-order valence-electron chi connectivity index (χ3n) is 4.04. The molecule has 0 fully saturated rings. The van der Waals surface area contributed by atoms with Crippen LogP contribution in [0.15, 0.2) is 53.1 Å². The molecule has 1 aliphatic heterocycles. The van der Waals surface area contributed by atoms with Gasteiger partial charge in [-0.05, 0) is 29.1 Å². The number of carbonyl (C=O) groups is 2. The number of phenols is 1. The summed E-state index contributed by atoms with van der Waals surface area (Å²) in [5, 5.41) is 21.6. The number of phenolic OH excluding ortho intramolecular Hbond substituents is 1. The van der Waals surface area contributed by atoms with E-state index in [0.717, 1.165) is 0 Å². The quantitative estimate of drug-likeness (QED) is 0.775. The highest BCUT2D eigenvalue weighted by atomic mass is 32.1. The molecule has 7 heteroatoms. The zero-order chi connectivity index (χ0) is 18.0. The Morgan fingerprint density at radius 3 is 2.56 bits per heavy atom. The van der Waals surface area contributed by atoms with Crippen LogP contribution in [-0.2, 0) is 9.53 Å². The Labute approximate surface area is 148 Å². The Bertz CT molecular complexity index is 811. The van der Waals surface area contributed by atoms with Gasteiger partial charge in [-0.15, -0.1) is 11.3 Å². The van der Waals surface area contributed by atoms with Crippen molar-refractivity contribution in [3.05, 3.63) is 63.6 Å². The highest BCUT2D eigenvalue weighted by molar-refractivity contribution is 7.12. The molecule has 25 heavy (non-hydrogen) atoms. The number of methoxy groups -OCH3 is 1. The van der Waals surface area contributed by atoms with Gasteiger partial charge in [-0.1, -0.05) is 18.2 Å².